The third-order valence-electron chi connectivity index (χ3n) is 4.01. The highest BCUT2D eigenvalue weighted by Crippen LogP contribution is 2.18. The molecule has 3 N–H and O–H groups in total. The van der Waals surface area contributed by atoms with Gasteiger partial charge in [-0.2, -0.15) is 0 Å². The predicted molar refractivity (Wildman–Crippen MR) is 84.1 cm³/mol. The van der Waals surface area contributed by atoms with Crippen LogP contribution in [0.5, 0.6) is 0 Å². The molecule has 1 fully saturated rings. The number of carbonyl (C=O) groups excluding carboxylic acids is 1. The van der Waals surface area contributed by atoms with Gasteiger partial charge in [0.05, 0.1) is 11.9 Å². The maximum absolute atomic E-state index is 12.4. The number of aromatic nitrogens is 2. The van der Waals surface area contributed by atoms with E-state index in [-0.39, 0.29) is 17.9 Å². The standard InChI is InChI=1S/C16H26N4O/c1-11(2)15-18-10-13(17)14(20-15)16(21)19-12-8-6-4-3-5-7-9-12/h10-12H,3-9,17H2,1-2H3,(H,19,21). The highest BCUT2D eigenvalue weighted by molar-refractivity contribution is 5.97. The van der Waals surface area contributed by atoms with Crippen LogP contribution in [0.25, 0.3) is 0 Å². The van der Waals surface area contributed by atoms with Gasteiger partial charge >= 0.3 is 0 Å². The summed E-state index contributed by atoms with van der Waals surface area (Å²) in [6.45, 7) is 4.00. The molecular formula is C16H26N4O. The molecule has 0 unspecified atom stereocenters. The first-order chi connectivity index (χ1) is 10.1. The number of nitrogens with two attached hydrogens (primary N) is 1. The summed E-state index contributed by atoms with van der Waals surface area (Å²) in [4.78, 5) is 20.9. The van der Waals surface area contributed by atoms with E-state index in [1.807, 2.05) is 13.8 Å². The van der Waals surface area contributed by atoms with Crippen LogP contribution >= 0.6 is 0 Å². The maximum atomic E-state index is 12.4. The van der Waals surface area contributed by atoms with Gasteiger partial charge in [0.25, 0.3) is 5.91 Å². The normalized spacial score (nSPS) is 17.3. The van der Waals surface area contributed by atoms with E-state index in [1.54, 1.807) is 0 Å². The van der Waals surface area contributed by atoms with E-state index >= 15 is 0 Å². The predicted octanol–water partition coefficient (Wildman–Crippen LogP) is 3.02. The topological polar surface area (TPSA) is 80.9 Å². The number of nitrogens with one attached hydrogen (secondary N) is 1. The summed E-state index contributed by atoms with van der Waals surface area (Å²) in [5, 5.41) is 3.10. The summed E-state index contributed by atoms with van der Waals surface area (Å²) >= 11 is 0. The van der Waals surface area contributed by atoms with Gasteiger partial charge in [0.15, 0.2) is 5.69 Å². The molecule has 0 atom stereocenters. The summed E-state index contributed by atoms with van der Waals surface area (Å²) < 4.78 is 0. The highest BCUT2D eigenvalue weighted by Gasteiger charge is 2.19. The summed E-state index contributed by atoms with van der Waals surface area (Å²) in [7, 11) is 0. The first kappa shape index (κ1) is 15.7. The Balaban J connectivity index is 2.06. The molecule has 0 radical (unpaired) electrons. The first-order valence-electron chi connectivity index (χ1n) is 8.01. The number of rotatable bonds is 3. The molecule has 0 aliphatic heterocycles. The number of anilines is 1. The van der Waals surface area contributed by atoms with Gasteiger partial charge in [0.2, 0.25) is 0 Å². The second kappa shape index (κ2) is 7.38. The lowest BCUT2D eigenvalue weighted by Gasteiger charge is -2.21. The van der Waals surface area contributed by atoms with Crippen molar-refractivity contribution < 1.29 is 4.79 Å². The highest BCUT2D eigenvalue weighted by atomic mass is 16.2. The van der Waals surface area contributed by atoms with E-state index < -0.39 is 0 Å². The number of nitrogen functional groups attached to an aromatic ring is 1. The third kappa shape index (κ3) is 4.41. The molecule has 1 heterocycles. The zero-order chi connectivity index (χ0) is 15.2. The second-order valence-corrected chi connectivity index (χ2v) is 6.20. The summed E-state index contributed by atoms with van der Waals surface area (Å²) in [6, 6.07) is 0.245. The summed E-state index contributed by atoms with van der Waals surface area (Å²) in [6.07, 6.45) is 9.84. The first-order valence-corrected chi connectivity index (χ1v) is 8.01. The van der Waals surface area contributed by atoms with Gasteiger partial charge in [-0.3, -0.25) is 4.79 Å². The van der Waals surface area contributed by atoms with Crippen molar-refractivity contribution in [2.45, 2.75) is 70.8 Å². The molecule has 21 heavy (non-hydrogen) atoms. The Kier molecular flexibility index (Phi) is 5.53. The van der Waals surface area contributed by atoms with Gasteiger partial charge < -0.3 is 11.1 Å². The fraction of sp³-hybridized carbons (Fsp3) is 0.688. The Morgan fingerprint density at radius 1 is 1.24 bits per heavy atom. The van der Waals surface area contributed by atoms with Gasteiger partial charge in [-0.1, -0.05) is 46.0 Å². The zero-order valence-corrected chi connectivity index (χ0v) is 13.1. The van der Waals surface area contributed by atoms with E-state index in [1.165, 1.54) is 38.3 Å². The second-order valence-electron chi connectivity index (χ2n) is 6.20. The van der Waals surface area contributed by atoms with Crippen LogP contribution in [0.1, 0.15) is 81.0 Å². The molecule has 1 aliphatic carbocycles. The van der Waals surface area contributed by atoms with Crippen LogP contribution in [0.2, 0.25) is 0 Å². The molecule has 0 aromatic carbocycles. The van der Waals surface area contributed by atoms with Gasteiger partial charge in [-0.05, 0) is 12.8 Å². The fourth-order valence-electron chi connectivity index (χ4n) is 2.72. The van der Waals surface area contributed by atoms with Crippen molar-refractivity contribution in [3.05, 3.63) is 17.7 Å². The van der Waals surface area contributed by atoms with Crippen LogP contribution < -0.4 is 11.1 Å². The smallest absolute Gasteiger partial charge is 0.272 e. The molecule has 1 aliphatic rings. The lowest BCUT2D eigenvalue weighted by atomic mass is 9.96. The third-order valence-corrected chi connectivity index (χ3v) is 4.01. The molecule has 1 saturated carbocycles. The Bertz CT molecular complexity index is 479. The number of nitrogens with zero attached hydrogens (tertiary/aromatic N) is 2. The molecule has 5 heteroatoms. The van der Waals surface area contributed by atoms with Crippen molar-refractivity contribution >= 4 is 11.6 Å². The zero-order valence-electron chi connectivity index (χ0n) is 13.1. The quantitative estimate of drug-likeness (QED) is 0.896. The van der Waals surface area contributed by atoms with E-state index in [0.29, 0.717) is 17.2 Å². The SMILES string of the molecule is CC(C)c1ncc(N)c(C(=O)NC2CCCCCCC2)n1. The molecule has 1 aromatic heterocycles. The van der Waals surface area contributed by atoms with Crippen LogP contribution in [0.15, 0.2) is 6.20 Å². The molecule has 0 spiro atoms. The van der Waals surface area contributed by atoms with Crippen molar-refractivity contribution in [2.75, 3.05) is 5.73 Å². The number of carbonyl (C=O) groups is 1. The molecular weight excluding hydrogens is 264 g/mol. The van der Waals surface area contributed by atoms with Crippen molar-refractivity contribution in [2.24, 2.45) is 0 Å². The molecule has 116 valence electrons. The average molecular weight is 290 g/mol. The molecule has 1 amide bonds. The Hall–Kier alpha value is -1.65. The summed E-state index contributed by atoms with van der Waals surface area (Å²) in [5.41, 5.74) is 6.53. The van der Waals surface area contributed by atoms with Gasteiger partial charge in [0, 0.05) is 12.0 Å². The molecule has 0 saturated heterocycles. The molecule has 5 nitrogen and oxygen atoms in total. The number of hydrogen-bond acceptors (Lipinski definition) is 4. The monoisotopic (exact) mass is 290 g/mol. The van der Waals surface area contributed by atoms with E-state index in [0.717, 1.165) is 12.8 Å². The molecule has 1 aromatic rings. The van der Waals surface area contributed by atoms with Crippen molar-refractivity contribution in [1.82, 2.24) is 15.3 Å². The van der Waals surface area contributed by atoms with Gasteiger partial charge in [-0.25, -0.2) is 9.97 Å². The van der Waals surface area contributed by atoms with Crippen molar-refractivity contribution in [3.63, 3.8) is 0 Å². The van der Waals surface area contributed by atoms with Crippen molar-refractivity contribution in [3.8, 4) is 0 Å². The Morgan fingerprint density at radius 2 is 1.86 bits per heavy atom. The number of amides is 1. The van der Waals surface area contributed by atoms with Gasteiger partial charge in [-0.15, -0.1) is 0 Å². The largest absolute Gasteiger partial charge is 0.396 e. The Morgan fingerprint density at radius 3 is 2.48 bits per heavy atom. The van der Waals surface area contributed by atoms with E-state index in [9.17, 15) is 4.79 Å². The van der Waals surface area contributed by atoms with Crippen LogP contribution in [0.3, 0.4) is 0 Å². The molecule has 0 bridgehead atoms. The van der Waals surface area contributed by atoms with Gasteiger partial charge in [0.1, 0.15) is 5.82 Å². The minimum Gasteiger partial charge on any atom is -0.396 e. The average Bonchev–Trinajstić information content (AvgIpc) is 2.41. The minimum atomic E-state index is -0.164. The van der Waals surface area contributed by atoms with Crippen molar-refractivity contribution in [1.29, 1.82) is 0 Å². The summed E-state index contributed by atoms with van der Waals surface area (Å²) in [5.74, 6) is 0.674. The van der Waals surface area contributed by atoms with Crippen LogP contribution in [-0.4, -0.2) is 21.9 Å². The van der Waals surface area contributed by atoms with E-state index in [4.69, 9.17) is 5.73 Å². The lowest BCUT2D eigenvalue weighted by Crippen LogP contribution is -2.36. The van der Waals surface area contributed by atoms with Crippen LogP contribution in [0.4, 0.5) is 5.69 Å². The number of hydrogen-bond donors (Lipinski definition) is 2. The molecule has 2 rings (SSSR count). The van der Waals surface area contributed by atoms with E-state index in [2.05, 4.69) is 15.3 Å². The maximum Gasteiger partial charge on any atom is 0.272 e. The fourth-order valence-corrected chi connectivity index (χ4v) is 2.72. The Labute approximate surface area is 126 Å². The minimum absolute atomic E-state index is 0.164. The van der Waals surface area contributed by atoms with Crippen LogP contribution in [-0.2, 0) is 0 Å². The van der Waals surface area contributed by atoms with Crippen LogP contribution in [0, 0.1) is 0 Å². The lowest BCUT2D eigenvalue weighted by molar-refractivity contribution is 0.0926.